The normalized spacial score (nSPS) is 18.0. The predicted molar refractivity (Wildman–Crippen MR) is 93.2 cm³/mol. The standard InChI is InChI=1S/C16H19IN2S/c1-2-11-5-4-8-18-14(11)10-19-13-6-3-7-15-12(13)9-16(17)20-15/h4-5,8-9,13,19H,2-3,6-7,10H2,1H3. The van der Waals surface area contributed by atoms with Crippen LogP contribution in [-0.2, 0) is 19.4 Å². The number of hydrogen-bond acceptors (Lipinski definition) is 3. The highest BCUT2D eigenvalue weighted by molar-refractivity contribution is 14.1. The minimum Gasteiger partial charge on any atom is -0.304 e. The lowest BCUT2D eigenvalue weighted by Crippen LogP contribution is -2.24. The molecule has 4 heteroatoms. The Kier molecular flexibility index (Phi) is 4.73. The SMILES string of the molecule is CCc1cccnc1CNC1CCCc2sc(I)cc21. The molecule has 0 fully saturated rings. The first-order valence-corrected chi connectivity index (χ1v) is 9.11. The van der Waals surface area contributed by atoms with Gasteiger partial charge >= 0.3 is 0 Å². The van der Waals surface area contributed by atoms with E-state index in [1.54, 1.807) is 4.88 Å². The number of aromatic nitrogens is 1. The van der Waals surface area contributed by atoms with Gasteiger partial charge < -0.3 is 5.32 Å². The molecule has 0 spiro atoms. The van der Waals surface area contributed by atoms with Crippen molar-refractivity contribution in [3.8, 4) is 0 Å². The van der Waals surface area contributed by atoms with E-state index in [-0.39, 0.29) is 0 Å². The zero-order valence-electron chi connectivity index (χ0n) is 11.7. The van der Waals surface area contributed by atoms with E-state index >= 15 is 0 Å². The number of fused-ring (bicyclic) bond motifs is 1. The third-order valence-electron chi connectivity index (χ3n) is 3.97. The van der Waals surface area contributed by atoms with Crippen LogP contribution >= 0.6 is 33.9 Å². The van der Waals surface area contributed by atoms with Gasteiger partial charge in [-0.3, -0.25) is 4.98 Å². The maximum absolute atomic E-state index is 4.53. The highest BCUT2D eigenvalue weighted by Gasteiger charge is 2.22. The molecule has 1 atom stereocenters. The van der Waals surface area contributed by atoms with Crippen molar-refractivity contribution in [3.63, 3.8) is 0 Å². The van der Waals surface area contributed by atoms with Crippen molar-refractivity contribution < 1.29 is 0 Å². The maximum atomic E-state index is 4.53. The van der Waals surface area contributed by atoms with Crippen molar-refractivity contribution in [1.82, 2.24) is 10.3 Å². The molecule has 20 heavy (non-hydrogen) atoms. The number of rotatable bonds is 4. The van der Waals surface area contributed by atoms with Crippen molar-refractivity contribution in [1.29, 1.82) is 0 Å². The van der Waals surface area contributed by atoms with Crippen LogP contribution in [0.2, 0.25) is 0 Å². The van der Waals surface area contributed by atoms with Gasteiger partial charge in [-0.1, -0.05) is 13.0 Å². The summed E-state index contributed by atoms with van der Waals surface area (Å²) in [7, 11) is 0. The Hall–Kier alpha value is -0.460. The molecule has 0 amide bonds. The topological polar surface area (TPSA) is 24.9 Å². The number of nitrogens with one attached hydrogen (secondary N) is 1. The number of thiophene rings is 1. The number of aryl methyl sites for hydroxylation is 2. The predicted octanol–water partition coefficient (Wildman–Crippen LogP) is 4.48. The molecule has 2 heterocycles. The van der Waals surface area contributed by atoms with Crippen LogP contribution in [0.1, 0.15) is 47.5 Å². The second-order valence-corrected chi connectivity index (χ2v) is 8.25. The molecular formula is C16H19IN2S. The van der Waals surface area contributed by atoms with Gasteiger partial charge in [0.15, 0.2) is 0 Å². The third-order valence-corrected chi connectivity index (χ3v) is 5.94. The van der Waals surface area contributed by atoms with Gasteiger partial charge in [-0.15, -0.1) is 11.3 Å². The van der Waals surface area contributed by atoms with Crippen molar-refractivity contribution in [2.45, 2.75) is 45.2 Å². The molecule has 0 bridgehead atoms. The van der Waals surface area contributed by atoms with Gasteiger partial charge in [0.25, 0.3) is 0 Å². The van der Waals surface area contributed by atoms with Crippen LogP contribution in [-0.4, -0.2) is 4.98 Å². The van der Waals surface area contributed by atoms with Crippen LogP contribution in [0.25, 0.3) is 0 Å². The summed E-state index contributed by atoms with van der Waals surface area (Å²) in [5, 5.41) is 3.72. The molecule has 2 aromatic rings. The summed E-state index contributed by atoms with van der Waals surface area (Å²) in [6.45, 7) is 3.07. The summed E-state index contributed by atoms with van der Waals surface area (Å²) in [6, 6.07) is 7.08. The van der Waals surface area contributed by atoms with Crippen molar-refractivity contribution in [3.05, 3.63) is 49.0 Å². The molecule has 0 aliphatic heterocycles. The minimum absolute atomic E-state index is 0.505. The van der Waals surface area contributed by atoms with Crippen molar-refractivity contribution >= 4 is 33.9 Å². The Morgan fingerprint density at radius 3 is 3.25 bits per heavy atom. The van der Waals surface area contributed by atoms with Crippen molar-refractivity contribution in [2.24, 2.45) is 0 Å². The molecule has 0 aromatic carbocycles. The molecule has 0 saturated carbocycles. The lowest BCUT2D eigenvalue weighted by Gasteiger charge is -2.24. The van der Waals surface area contributed by atoms with Crippen molar-refractivity contribution in [2.75, 3.05) is 0 Å². The van der Waals surface area contributed by atoms with E-state index in [9.17, 15) is 0 Å². The fourth-order valence-electron chi connectivity index (χ4n) is 2.91. The highest BCUT2D eigenvalue weighted by atomic mass is 127. The van der Waals surface area contributed by atoms with E-state index in [1.165, 1.54) is 39.0 Å². The quantitative estimate of drug-likeness (QED) is 0.769. The van der Waals surface area contributed by atoms with Crippen LogP contribution in [0, 0.1) is 2.88 Å². The largest absolute Gasteiger partial charge is 0.304 e. The monoisotopic (exact) mass is 398 g/mol. The summed E-state index contributed by atoms with van der Waals surface area (Å²) in [5.74, 6) is 0. The first-order valence-electron chi connectivity index (χ1n) is 7.22. The van der Waals surface area contributed by atoms with Crippen LogP contribution in [0.4, 0.5) is 0 Å². The molecule has 2 nitrogen and oxygen atoms in total. The molecular weight excluding hydrogens is 379 g/mol. The Morgan fingerprint density at radius 2 is 2.40 bits per heavy atom. The Morgan fingerprint density at radius 1 is 1.50 bits per heavy atom. The molecule has 3 rings (SSSR count). The number of halogens is 1. The van der Waals surface area contributed by atoms with Gasteiger partial charge in [0, 0.05) is 23.7 Å². The zero-order chi connectivity index (χ0) is 13.9. The van der Waals surface area contributed by atoms with E-state index in [0.717, 1.165) is 13.0 Å². The van der Waals surface area contributed by atoms with Crippen LogP contribution in [0.3, 0.4) is 0 Å². The summed E-state index contributed by atoms with van der Waals surface area (Å²) in [6.07, 6.45) is 6.75. The highest BCUT2D eigenvalue weighted by Crippen LogP contribution is 2.36. The maximum Gasteiger partial charge on any atom is 0.0659 e. The first kappa shape index (κ1) is 14.5. The van der Waals surface area contributed by atoms with E-state index in [2.05, 4.69) is 51.9 Å². The number of nitrogens with zero attached hydrogens (tertiary/aromatic N) is 1. The van der Waals surface area contributed by atoms with Gasteiger partial charge in [-0.25, -0.2) is 0 Å². The fraction of sp³-hybridized carbons (Fsp3) is 0.438. The van der Waals surface area contributed by atoms with Crippen LogP contribution in [0.5, 0.6) is 0 Å². The lowest BCUT2D eigenvalue weighted by atomic mass is 9.94. The van der Waals surface area contributed by atoms with Gasteiger partial charge in [-0.2, -0.15) is 0 Å². The second kappa shape index (κ2) is 6.54. The average Bonchev–Trinajstić information content (AvgIpc) is 2.86. The summed E-state index contributed by atoms with van der Waals surface area (Å²) in [4.78, 5) is 6.11. The molecule has 1 N–H and O–H groups in total. The van der Waals surface area contributed by atoms with E-state index < -0.39 is 0 Å². The Labute approximate surface area is 138 Å². The summed E-state index contributed by atoms with van der Waals surface area (Å²) >= 11 is 4.39. The third kappa shape index (κ3) is 3.07. The summed E-state index contributed by atoms with van der Waals surface area (Å²) in [5.41, 5.74) is 4.09. The average molecular weight is 398 g/mol. The molecule has 0 saturated heterocycles. The molecule has 1 aliphatic rings. The molecule has 1 aliphatic carbocycles. The molecule has 0 radical (unpaired) electrons. The Balaban J connectivity index is 1.73. The number of pyridine rings is 1. The van der Waals surface area contributed by atoms with Gasteiger partial charge in [0.2, 0.25) is 0 Å². The van der Waals surface area contributed by atoms with Crippen LogP contribution in [0.15, 0.2) is 24.4 Å². The molecule has 106 valence electrons. The van der Waals surface area contributed by atoms with E-state index in [0.29, 0.717) is 6.04 Å². The lowest BCUT2D eigenvalue weighted by molar-refractivity contribution is 0.459. The second-order valence-electron chi connectivity index (χ2n) is 5.22. The smallest absolute Gasteiger partial charge is 0.0659 e. The van der Waals surface area contributed by atoms with Gasteiger partial charge in [0.1, 0.15) is 0 Å². The summed E-state index contributed by atoms with van der Waals surface area (Å²) < 4.78 is 1.41. The first-order chi connectivity index (χ1) is 9.78. The van der Waals surface area contributed by atoms with E-state index in [1.807, 2.05) is 23.6 Å². The zero-order valence-corrected chi connectivity index (χ0v) is 14.6. The van der Waals surface area contributed by atoms with Gasteiger partial charge in [0.05, 0.1) is 8.58 Å². The Bertz CT molecular complexity index is 594. The van der Waals surface area contributed by atoms with E-state index in [4.69, 9.17) is 0 Å². The fourth-order valence-corrected chi connectivity index (χ4v) is 5.03. The molecule has 1 unspecified atom stereocenters. The van der Waals surface area contributed by atoms with Crippen LogP contribution < -0.4 is 5.32 Å². The molecule has 2 aromatic heterocycles. The minimum atomic E-state index is 0.505. The van der Waals surface area contributed by atoms with Gasteiger partial charge in [-0.05, 0) is 71.5 Å². The number of hydrogen-bond donors (Lipinski definition) is 1.